The Balaban J connectivity index is 2.02. The molecule has 3 aromatic rings. The van der Waals surface area contributed by atoms with E-state index in [1.807, 2.05) is 0 Å². The van der Waals surface area contributed by atoms with Crippen LogP contribution in [0.1, 0.15) is 41.1 Å². The summed E-state index contributed by atoms with van der Waals surface area (Å²) in [6.07, 6.45) is 1.39. The summed E-state index contributed by atoms with van der Waals surface area (Å²) in [4.78, 5) is 42.3. The number of rotatable bonds is 7. The van der Waals surface area contributed by atoms with Gasteiger partial charge in [-0.05, 0) is 56.1 Å². The number of amides is 2. The van der Waals surface area contributed by atoms with Crippen molar-refractivity contribution < 1.29 is 14.4 Å². The summed E-state index contributed by atoms with van der Waals surface area (Å²) < 4.78 is 2.77. The average Bonchev–Trinajstić information content (AvgIpc) is 3.11. The van der Waals surface area contributed by atoms with Crippen LogP contribution in [-0.4, -0.2) is 32.4 Å². The molecule has 0 atom stereocenters. The van der Waals surface area contributed by atoms with Crippen LogP contribution in [0.3, 0.4) is 0 Å². The van der Waals surface area contributed by atoms with E-state index in [2.05, 4.69) is 63.2 Å². The Hall–Kier alpha value is -2.08. The molecule has 0 aliphatic rings. The number of nitrogens with zero attached hydrogens (tertiary/aromatic N) is 3. The highest BCUT2D eigenvalue weighted by molar-refractivity contribution is 9.11. The molecule has 0 saturated heterocycles. The second kappa shape index (κ2) is 10.0. The third kappa shape index (κ3) is 5.71. The molecule has 0 unspecified atom stereocenters. The van der Waals surface area contributed by atoms with Crippen LogP contribution < -0.4 is 11.1 Å². The summed E-state index contributed by atoms with van der Waals surface area (Å²) in [6.45, 7) is 3.18. The van der Waals surface area contributed by atoms with Gasteiger partial charge in [0.05, 0.1) is 16.1 Å². The van der Waals surface area contributed by atoms with Crippen LogP contribution in [0.5, 0.6) is 0 Å². The molecular weight excluding hydrogens is 645 g/mol. The van der Waals surface area contributed by atoms with Gasteiger partial charge < -0.3 is 11.1 Å². The quantitative estimate of drug-likeness (QED) is 0.322. The molecule has 8 nitrogen and oxygen atoms in total. The lowest BCUT2D eigenvalue weighted by Crippen LogP contribution is -2.33. The lowest BCUT2D eigenvalue weighted by atomic mass is 9.84. The van der Waals surface area contributed by atoms with Gasteiger partial charge in [-0.2, -0.15) is 5.10 Å². The molecular formula is C21H17Br3ClN5O3. The number of halogens is 4. The number of nitrogens with one attached hydrogen (secondary N) is 1. The van der Waals surface area contributed by atoms with Gasteiger partial charge in [0.15, 0.2) is 11.6 Å². The summed E-state index contributed by atoms with van der Waals surface area (Å²) in [5.74, 6) is -1.25. The molecule has 3 rings (SSSR count). The first-order valence-electron chi connectivity index (χ1n) is 9.40. The van der Waals surface area contributed by atoms with Gasteiger partial charge in [0.1, 0.15) is 10.3 Å². The zero-order valence-electron chi connectivity index (χ0n) is 17.3. The van der Waals surface area contributed by atoms with Gasteiger partial charge in [-0.1, -0.05) is 41.4 Å². The summed E-state index contributed by atoms with van der Waals surface area (Å²) in [6, 6.07) is 8.06. The van der Waals surface area contributed by atoms with Crippen molar-refractivity contribution in [1.29, 1.82) is 0 Å². The number of ketones is 1. The molecule has 0 aliphatic heterocycles. The highest BCUT2D eigenvalue weighted by Crippen LogP contribution is 2.34. The van der Waals surface area contributed by atoms with Crippen LogP contribution in [0.25, 0.3) is 5.82 Å². The second-order valence-electron chi connectivity index (χ2n) is 7.69. The van der Waals surface area contributed by atoms with E-state index in [1.54, 1.807) is 38.1 Å². The van der Waals surface area contributed by atoms with E-state index in [4.69, 9.17) is 17.3 Å². The fourth-order valence-corrected chi connectivity index (χ4v) is 4.79. The van der Waals surface area contributed by atoms with Crippen LogP contribution in [0.15, 0.2) is 50.1 Å². The number of nitrogens with two attached hydrogens (primary N) is 1. The van der Waals surface area contributed by atoms with E-state index >= 15 is 0 Å². The molecule has 2 heterocycles. The first-order chi connectivity index (χ1) is 15.4. The number of hydrogen-bond acceptors (Lipinski definition) is 5. The third-order valence-corrected chi connectivity index (χ3v) is 6.48. The predicted molar refractivity (Wildman–Crippen MR) is 136 cm³/mol. The van der Waals surface area contributed by atoms with E-state index < -0.39 is 17.2 Å². The number of aromatic nitrogens is 3. The fourth-order valence-electron chi connectivity index (χ4n) is 2.89. The van der Waals surface area contributed by atoms with Crippen molar-refractivity contribution in [2.75, 3.05) is 5.32 Å². The van der Waals surface area contributed by atoms with E-state index in [0.29, 0.717) is 18.6 Å². The molecule has 0 radical (unpaired) electrons. The highest BCUT2D eigenvalue weighted by Gasteiger charge is 2.31. The molecule has 2 amide bonds. The van der Waals surface area contributed by atoms with Crippen LogP contribution in [0.2, 0.25) is 5.02 Å². The number of carbonyl (C=O) groups excluding carboxylic acids is 3. The number of pyridine rings is 1. The Morgan fingerprint density at radius 3 is 2.52 bits per heavy atom. The average molecular weight is 663 g/mol. The topological polar surface area (TPSA) is 120 Å². The number of primary amides is 1. The lowest BCUT2D eigenvalue weighted by molar-refractivity contribution is -0.125. The number of Topliss-reactive ketones (excluding diaryl/α,β-unsaturated/α-hetero) is 1. The number of benzene rings is 1. The Morgan fingerprint density at radius 2 is 1.88 bits per heavy atom. The zero-order chi connectivity index (χ0) is 24.5. The predicted octanol–water partition coefficient (Wildman–Crippen LogP) is 5.54. The summed E-state index contributed by atoms with van der Waals surface area (Å²) in [5.41, 5.74) is 4.95. The Labute approximate surface area is 219 Å². The van der Waals surface area contributed by atoms with Gasteiger partial charge in [-0.15, -0.1) is 0 Å². The highest BCUT2D eigenvalue weighted by atomic mass is 79.9. The molecule has 2 aromatic heterocycles. The largest absolute Gasteiger partial charge is 0.369 e. The van der Waals surface area contributed by atoms with Gasteiger partial charge in [0.2, 0.25) is 5.91 Å². The van der Waals surface area contributed by atoms with Crippen molar-refractivity contribution in [2.24, 2.45) is 11.1 Å². The Morgan fingerprint density at radius 1 is 1.18 bits per heavy atom. The van der Waals surface area contributed by atoms with Crippen LogP contribution in [0.4, 0.5) is 5.69 Å². The maximum Gasteiger partial charge on any atom is 0.274 e. The van der Waals surface area contributed by atoms with Crippen LogP contribution >= 0.6 is 59.4 Å². The monoisotopic (exact) mass is 659 g/mol. The number of carbonyl (C=O) groups is 3. The van der Waals surface area contributed by atoms with Gasteiger partial charge >= 0.3 is 0 Å². The molecule has 3 N–H and O–H groups in total. The molecule has 0 saturated carbocycles. The SMILES string of the molecule is CC(C)(CC(=O)c1cc(Br)cc(Br)c1NC(=O)c1cc(Br)nn1-c1ncccc1Cl)C(N)=O. The minimum atomic E-state index is -1.06. The van der Waals surface area contributed by atoms with Crippen molar-refractivity contribution >= 4 is 82.7 Å². The van der Waals surface area contributed by atoms with Crippen molar-refractivity contribution in [3.8, 4) is 5.82 Å². The van der Waals surface area contributed by atoms with E-state index in [1.165, 1.54) is 16.9 Å². The third-order valence-electron chi connectivity index (χ3n) is 4.72. The van der Waals surface area contributed by atoms with E-state index in [-0.39, 0.29) is 35.0 Å². The van der Waals surface area contributed by atoms with E-state index in [0.717, 1.165) is 0 Å². The van der Waals surface area contributed by atoms with Crippen molar-refractivity contribution in [1.82, 2.24) is 14.8 Å². The van der Waals surface area contributed by atoms with Gasteiger partial charge in [-0.3, -0.25) is 14.4 Å². The molecule has 1 aromatic carbocycles. The molecule has 0 fully saturated rings. The normalized spacial score (nSPS) is 11.3. The van der Waals surface area contributed by atoms with Crippen LogP contribution in [0, 0.1) is 5.41 Å². The minimum absolute atomic E-state index is 0.133. The standard InChI is InChI=1S/C21H17Br3ClN5O3/c1-21(2,20(26)33)9-15(31)11-6-10(22)7-12(23)17(11)28-19(32)14-8-16(24)29-30(14)18-13(25)4-3-5-27-18/h3-8H,9H2,1-2H3,(H2,26,33)(H,28,32). The molecule has 0 spiro atoms. The maximum absolute atomic E-state index is 13.3. The molecule has 0 aliphatic carbocycles. The smallest absolute Gasteiger partial charge is 0.274 e. The first-order valence-corrected chi connectivity index (χ1v) is 12.2. The fraction of sp³-hybridized carbons (Fsp3) is 0.190. The van der Waals surface area contributed by atoms with Gasteiger partial charge in [-0.25, -0.2) is 9.67 Å². The zero-order valence-corrected chi connectivity index (χ0v) is 22.8. The van der Waals surface area contributed by atoms with Crippen molar-refractivity contribution in [3.05, 3.63) is 66.4 Å². The number of hydrogen-bond donors (Lipinski definition) is 2. The molecule has 0 bridgehead atoms. The van der Waals surface area contributed by atoms with Gasteiger partial charge in [0, 0.05) is 33.2 Å². The number of anilines is 1. The second-order valence-corrected chi connectivity index (χ2v) is 10.7. The summed E-state index contributed by atoms with van der Waals surface area (Å²) in [7, 11) is 0. The summed E-state index contributed by atoms with van der Waals surface area (Å²) >= 11 is 16.3. The van der Waals surface area contributed by atoms with Crippen LogP contribution in [-0.2, 0) is 4.79 Å². The Bertz CT molecular complexity index is 1280. The molecule has 172 valence electrons. The van der Waals surface area contributed by atoms with Crippen molar-refractivity contribution in [3.63, 3.8) is 0 Å². The minimum Gasteiger partial charge on any atom is -0.369 e. The first kappa shape index (κ1) is 25.5. The summed E-state index contributed by atoms with van der Waals surface area (Å²) in [5, 5.41) is 7.32. The van der Waals surface area contributed by atoms with Gasteiger partial charge in [0.25, 0.3) is 5.91 Å². The van der Waals surface area contributed by atoms with Crippen molar-refractivity contribution in [2.45, 2.75) is 20.3 Å². The lowest BCUT2D eigenvalue weighted by Gasteiger charge is -2.21. The van der Waals surface area contributed by atoms with E-state index in [9.17, 15) is 14.4 Å². The Kier molecular flexibility index (Phi) is 7.77. The molecule has 33 heavy (non-hydrogen) atoms. The maximum atomic E-state index is 13.3. The molecule has 12 heteroatoms.